The molecule has 0 spiro atoms. The van der Waals surface area contributed by atoms with Gasteiger partial charge < -0.3 is 10.2 Å². The van der Waals surface area contributed by atoms with Crippen LogP contribution in [-0.2, 0) is 19.3 Å². The average molecular weight is 397 g/mol. The van der Waals surface area contributed by atoms with Crippen LogP contribution >= 0.6 is 0 Å². The van der Waals surface area contributed by atoms with Crippen molar-refractivity contribution < 1.29 is 10.2 Å². The highest BCUT2D eigenvalue weighted by Crippen LogP contribution is 2.28. The fourth-order valence-corrected chi connectivity index (χ4v) is 3.94. The third-order valence-electron chi connectivity index (χ3n) is 5.81. The van der Waals surface area contributed by atoms with Crippen molar-refractivity contribution in [3.8, 4) is 11.5 Å². The van der Waals surface area contributed by atoms with Crippen LogP contribution < -0.4 is 0 Å². The Morgan fingerprint density at radius 2 is 0.966 bits per heavy atom. The van der Waals surface area contributed by atoms with Gasteiger partial charge in [-0.1, -0.05) is 89.5 Å². The van der Waals surface area contributed by atoms with E-state index in [0.717, 1.165) is 24.0 Å². The maximum Gasteiger partial charge on any atom is 0.119 e. The lowest BCUT2D eigenvalue weighted by Gasteiger charge is -2.11. The van der Waals surface area contributed by atoms with Crippen LogP contribution in [0.15, 0.2) is 36.4 Å². The Morgan fingerprint density at radius 3 is 1.38 bits per heavy atom. The van der Waals surface area contributed by atoms with Crippen molar-refractivity contribution in [1.29, 1.82) is 0 Å². The molecule has 0 saturated heterocycles. The molecule has 0 radical (unpaired) electrons. The van der Waals surface area contributed by atoms with E-state index in [1.54, 1.807) is 0 Å². The van der Waals surface area contributed by atoms with Crippen molar-refractivity contribution in [3.63, 3.8) is 0 Å². The predicted octanol–water partition coefficient (Wildman–Crippen LogP) is 7.71. The maximum absolute atomic E-state index is 10.3. The second kappa shape index (κ2) is 13.3. The summed E-state index contributed by atoms with van der Waals surface area (Å²) in [4.78, 5) is 0. The molecule has 0 unspecified atom stereocenters. The second-order valence-electron chi connectivity index (χ2n) is 8.43. The lowest BCUT2D eigenvalue weighted by Crippen LogP contribution is -1.95. The Labute approximate surface area is 178 Å². The lowest BCUT2D eigenvalue weighted by atomic mass is 9.96. The number of phenolic OH excluding ortho intramolecular Hbond substituents is 2. The molecule has 0 aliphatic carbocycles. The number of hydrogen-bond acceptors (Lipinski definition) is 2. The van der Waals surface area contributed by atoms with Crippen LogP contribution in [0.3, 0.4) is 0 Å². The van der Waals surface area contributed by atoms with Gasteiger partial charge in [0, 0.05) is 6.42 Å². The van der Waals surface area contributed by atoms with Crippen molar-refractivity contribution in [2.24, 2.45) is 0 Å². The first-order chi connectivity index (χ1) is 14.1. The lowest BCUT2D eigenvalue weighted by molar-refractivity contribution is 0.462. The quantitative estimate of drug-likeness (QED) is 0.321. The van der Waals surface area contributed by atoms with E-state index in [2.05, 4.69) is 26.0 Å². The van der Waals surface area contributed by atoms with E-state index in [9.17, 15) is 10.2 Å². The van der Waals surface area contributed by atoms with E-state index >= 15 is 0 Å². The van der Waals surface area contributed by atoms with Crippen LogP contribution in [0.2, 0.25) is 0 Å². The minimum absolute atomic E-state index is 0.323. The standard InChI is InChI=1S/C27H40O2/c1-3-5-7-9-11-13-22-15-17-26(28)24(19-22)21-25-20-23(16-18-27(25)29)14-12-10-8-6-4-2/h15-20,28-29H,3-14,21H2,1-2H3. The van der Waals surface area contributed by atoms with Gasteiger partial charge in [-0.25, -0.2) is 0 Å². The average Bonchev–Trinajstić information content (AvgIpc) is 2.72. The van der Waals surface area contributed by atoms with Gasteiger partial charge in [-0.05, 0) is 60.1 Å². The number of aromatic hydroxyl groups is 2. The Bertz CT molecular complexity index is 659. The summed E-state index contributed by atoms with van der Waals surface area (Å²) in [7, 11) is 0. The summed E-state index contributed by atoms with van der Waals surface area (Å²) in [6, 6.07) is 11.9. The van der Waals surface area contributed by atoms with Gasteiger partial charge in [0.05, 0.1) is 0 Å². The Hall–Kier alpha value is -1.96. The summed E-state index contributed by atoms with van der Waals surface area (Å²) in [6.07, 6.45) is 15.4. The molecule has 0 bridgehead atoms. The van der Waals surface area contributed by atoms with Crippen LogP contribution in [0, 0.1) is 0 Å². The molecule has 0 amide bonds. The number of phenols is 2. The number of hydrogen-bond donors (Lipinski definition) is 2. The minimum Gasteiger partial charge on any atom is -0.508 e. The van der Waals surface area contributed by atoms with Gasteiger partial charge in [0.1, 0.15) is 11.5 Å². The Balaban J connectivity index is 1.97. The van der Waals surface area contributed by atoms with Gasteiger partial charge in [-0.2, -0.15) is 0 Å². The first kappa shape index (κ1) is 23.3. The number of benzene rings is 2. The Morgan fingerprint density at radius 1 is 0.552 bits per heavy atom. The molecular weight excluding hydrogens is 356 g/mol. The molecule has 2 nitrogen and oxygen atoms in total. The molecule has 0 heterocycles. The van der Waals surface area contributed by atoms with E-state index in [4.69, 9.17) is 0 Å². The van der Waals surface area contributed by atoms with Crippen molar-refractivity contribution >= 4 is 0 Å². The van der Waals surface area contributed by atoms with Gasteiger partial charge in [0.25, 0.3) is 0 Å². The van der Waals surface area contributed by atoms with Gasteiger partial charge >= 0.3 is 0 Å². The van der Waals surface area contributed by atoms with Crippen LogP contribution in [0.5, 0.6) is 11.5 Å². The molecule has 0 aliphatic rings. The summed E-state index contributed by atoms with van der Waals surface area (Å²) in [5.41, 5.74) is 4.37. The van der Waals surface area contributed by atoms with E-state index in [1.807, 2.05) is 24.3 Å². The van der Waals surface area contributed by atoms with E-state index in [-0.39, 0.29) is 0 Å². The van der Waals surface area contributed by atoms with Crippen molar-refractivity contribution in [2.75, 3.05) is 0 Å². The third kappa shape index (κ3) is 8.51. The number of rotatable bonds is 14. The van der Waals surface area contributed by atoms with Gasteiger partial charge in [-0.15, -0.1) is 0 Å². The molecule has 29 heavy (non-hydrogen) atoms. The summed E-state index contributed by atoms with van der Waals surface area (Å²) < 4.78 is 0. The fraction of sp³-hybridized carbons (Fsp3) is 0.556. The summed E-state index contributed by atoms with van der Waals surface area (Å²) in [5.74, 6) is 0.646. The van der Waals surface area contributed by atoms with E-state index in [0.29, 0.717) is 17.9 Å². The van der Waals surface area contributed by atoms with Crippen molar-refractivity contribution in [3.05, 3.63) is 58.7 Å². The van der Waals surface area contributed by atoms with Crippen LogP contribution in [0.1, 0.15) is 100 Å². The number of unbranched alkanes of at least 4 members (excludes halogenated alkanes) is 8. The summed E-state index contributed by atoms with van der Waals surface area (Å²) in [5, 5.41) is 20.7. The first-order valence-electron chi connectivity index (χ1n) is 11.8. The zero-order valence-electron chi connectivity index (χ0n) is 18.6. The molecule has 0 aromatic heterocycles. The molecular formula is C27H40O2. The monoisotopic (exact) mass is 396 g/mol. The van der Waals surface area contributed by atoms with Crippen LogP contribution in [0.4, 0.5) is 0 Å². The minimum atomic E-state index is 0.323. The third-order valence-corrected chi connectivity index (χ3v) is 5.81. The first-order valence-corrected chi connectivity index (χ1v) is 11.8. The van der Waals surface area contributed by atoms with E-state index < -0.39 is 0 Å². The normalized spacial score (nSPS) is 11.1. The largest absolute Gasteiger partial charge is 0.508 e. The zero-order chi connectivity index (χ0) is 20.9. The second-order valence-corrected chi connectivity index (χ2v) is 8.43. The fourth-order valence-electron chi connectivity index (χ4n) is 3.94. The van der Waals surface area contributed by atoms with Gasteiger partial charge in [-0.3, -0.25) is 0 Å². The van der Waals surface area contributed by atoms with Crippen molar-refractivity contribution in [1.82, 2.24) is 0 Å². The molecule has 2 rings (SSSR count). The highest BCUT2D eigenvalue weighted by Gasteiger charge is 2.09. The molecule has 0 fully saturated rings. The molecule has 0 saturated carbocycles. The zero-order valence-corrected chi connectivity index (χ0v) is 18.6. The van der Waals surface area contributed by atoms with Crippen LogP contribution in [0.25, 0.3) is 0 Å². The molecule has 2 N–H and O–H groups in total. The predicted molar refractivity (Wildman–Crippen MR) is 124 cm³/mol. The summed E-state index contributed by atoms with van der Waals surface area (Å²) >= 11 is 0. The molecule has 0 atom stereocenters. The van der Waals surface area contributed by atoms with Gasteiger partial charge in [0.15, 0.2) is 0 Å². The number of aryl methyl sites for hydroxylation is 2. The molecule has 2 aromatic rings. The topological polar surface area (TPSA) is 40.5 Å². The molecule has 160 valence electrons. The van der Waals surface area contributed by atoms with Gasteiger partial charge in [0.2, 0.25) is 0 Å². The SMILES string of the molecule is CCCCCCCc1ccc(O)c(Cc2cc(CCCCCCC)ccc2O)c1. The Kier molecular flexibility index (Phi) is 10.7. The molecule has 0 aliphatic heterocycles. The highest BCUT2D eigenvalue weighted by molar-refractivity contribution is 5.44. The summed E-state index contributed by atoms with van der Waals surface area (Å²) in [6.45, 7) is 4.48. The van der Waals surface area contributed by atoms with Crippen LogP contribution in [-0.4, -0.2) is 10.2 Å². The smallest absolute Gasteiger partial charge is 0.119 e. The molecule has 2 aromatic carbocycles. The van der Waals surface area contributed by atoms with E-state index in [1.165, 1.54) is 75.3 Å². The maximum atomic E-state index is 10.3. The van der Waals surface area contributed by atoms with Crippen molar-refractivity contribution in [2.45, 2.75) is 97.3 Å². The molecule has 2 heteroatoms. The highest BCUT2D eigenvalue weighted by atomic mass is 16.3.